The third-order valence-corrected chi connectivity index (χ3v) is 20.7. The number of imide groups is 1. The Morgan fingerprint density at radius 1 is 0.683 bits per heavy atom. The maximum Gasteiger partial charge on any atom is 0.333 e. The first-order chi connectivity index (χ1) is 39.2. The van der Waals surface area contributed by atoms with E-state index in [0.29, 0.717) is 30.9 Å². The molecule has 0 spiro atoms. The van der Waals surface area contributed by atoms with Crippen LogP contribution in [0.5, 0.6) is 0 Å². The number of rotatable bonds is 32. The Labute approximate surface area is 495 Å². The molecule has 3 heterocycles. The van der Waals surface area contributed by atoms with Gasteiger partial charge in [-0.15, -0.1) is 5.06 Å². The van der Waals surface area contributed by atoms with E-state index >= 15 is 0 Å². The summed E-state index contributed by atoms with van der Waals surface area (Å²) in [4.78, 5) is 46.3. The molecule has 0 unspecified atom stereocenters. The fourth-order valence-corrected chi connectivity index (χ4v) is 14.5. The van der Waals surface area contributed by atoms with E-state index < -0.39 is 48.8 Å². The van der Waals surface area contributed by atoms with Crippen molar-refractivity contribution in [1.29, 1.82) is 0 Å². The van der Waals surface area contributed by atoms with Gasteiger partial charge in [0.25, 0.3) is 21.9 Å². The van der Waals surface area contributed by atoms with Crippen molar-refractivity contribution in [2.24, 2.45) is 0 Å². The number of hydrogen-bond acceptors (Lipinski definition) is 10. The van der Waals surface area contributed by atoms with Crippen molar-refractivity contribution in [3.05, 3.63) is 124 Å². The largest absolute Gasteiger partial charge is 0.344 e. The van der Waals surface area contributed by atoms with Crippen LogP contribution in [0.4, 0.5) is 11.4 Å². The van der Waals surface area contributed by atoms with Crippen LogP contribution in [0, 0.1) is 0 Å². The number of benzene rings is 3. The lowest BCUT2D eigenvalue weighted by molar-refractivity contribution is -0.438. The van der Waals surface area contributed by atoms with Crippen LogP contribution in [0.3, 0.4) is 0 Å². The van der Waals surface area contributed by atoms with Gasteiger partial charge in [0.15, 0.2) is 5.71 Å². The summed E-state index contributed by atoms with van der Waals surface area (Å²) in [7, 11) is -5.00. The standard InChI is InChI=1S/C66H90N4O9S3/c1-8-9-10-11-12-13-14-15-16-17-18-19-20-21-22-28-46-68-57-40-38-53(81(74,75)67(6)7)48-55(57)65(2,3)59(68)42-36-50-31-30-32-51(64(50)80-52-33-25-23-26-34-52)37-43-60-66(4,5)56-49-54(82(76,77)78)39-41-58(56)69(60)47-29-24-27-35-63(73)79-70-61(71)44-45-62(70)72/h23,25-26,33-34,36-43,48-49H,8-22,24,27-32,35,44-47H2,1-7H3/p+1. The van der Waals surface area contributed by atoms with Crippen molar-refractivity contribution in [1.82, 2.24) is 9.37 Å². The highest BCUT2D eigenvalue weighted by Crippen LogP contribution is 2.50. The summed E-state index contributed by atoms with van der Waals surface area (Å²) in [6, 6.07) is 20.8. The topological polar surface area (TPSA) is 162 Å². The summed E-state index contributed by atoms with van der Waals surface area (Å²) in [5, 5.41) is 0.576. The summed E-state index contributed by atoms with van der Waals surface area (Å²) in [6.45, 7) is 12.2. The lowest BCUT2D eigenvalue weighted by Gasteiger charge is -2.27. The molecule has 1 aliphatic carbocycles. The molecule has 1 fully saturated rings. The minimum Gasteiger partial charge on any atom is -0.344 e. The number of carbonyl (C=O) groups is 3. The van der Waals surface area contributed by atoms with Gasteiger partial charge in [0.05, 0.1) is 15.2 Å². The number of unbranched alkanes of at least 4 members (excludes halogenated alkanes) is 17. The highest BCUT2D eigenvalue weighted by Gasteiger charge is 2.45. The second-order valence-corrected chi connectivity index (χ2v) is 28.6. The average Bonchev–Trinajstić information content (AvgIpc) is 4.10. The molecule has 7 rings (SSSR count). The first-order valence-corrected chi connectivity index (χ1v) is 34.1. The Morgan fingerprint density at radius 3 is 1.88 bits per heavy atom. The molecular weight excluding hydrogens is 1090 g/mol. The van der Waals surface area contributed by atoms with Gasteiger partial charge < -0.3 is 9.74 Å². The number of hydroxylamine groups is 2. The van der Waals surface area contributed by atoms with E-state index in [1.165, 1.54) is 116 Å². The number of carbonyl (C=O) groups excluding carboxylic acids is 3. The second kappa shape index (κ2) is 29.6. The van der Waals surface area contributed by atoms with Gasteiger partial charge in [-0.25, -0.2) is 17.5 Å². The van der Waals surface area contributed by atoms with Crippen LogP contribution >= 0.6 is 11.8 Å². The molecule has 82 heavy (non-hydrogen) atoms. The van der Waals surface area contributed by atoms with E-state index in [0.717, 1.165) is 77.5 Å². The highest BCUT2D eigenvalue weighted by atomic mass is 32.2. The molecule has 1 saturated heterocycles. The third kappa shape index (κ3) is 16.4. The van der Waals surface area contributed by atoms with E-state index in [2.05, 4.69) is 92.7 Å². The molecule has 0 saturated carbocycles. The summed E-state index contributed by atoms with van der Waals surface area (Å²) in [6.07, 6.45) is 34.3. The second-order valence-electron chi connectivity index (χ2n) is 23.9. The zero-order valence-corrected chi connectivity index (χ0v) is 52.4. The summed E-state index contributed by atoms with van der Waals surface area (Å²) in [5.74, 6) is -1.66. The lowest BCUT2D eigenvalue weighted by Crippen LogP contribution is -2.32. The van der Waals surface area contributed by atoms with Crippen molar-refractivity contribution in [2.45, 2.75) is 221 Å². The molecular formula is C66H91N4O9S3+. The fraction of sp³-hybridized carbons (Fsp3) is 0.545. The summed E-state index contributed by atoms with van der Waals surface area (Å²) < 4.78 is 65.9. The summed E-state index contributed by atoms with van der Waals surface area (Å²) in [5.41, 5.74) is 6.97. The van der Waals surface area contributed by atoms with Gasteiger partial charge in [-0.3, -0.25) is 14.1 Å². The van der Waals surface area contributed by atoms with E-state index in [1.54, 1.807) is 44.1 Å². The molecule has 13 nitrogen and oxygen atoms in total. The van der Waals surface area contributed by atoms with E-state index in [-0.39, 0.29) is 29.1 Å². The summed E-state index contributed by atoms with van der Waals surface area (Å²) >= 11 is 1.75. The number of nitrogens with zero attached hydrogens (tertiary/aromatic N) is 4. The molecule has 16 heteroatoms. The molecule has 3 aromatic rings. The van der Waals surface area contributed by atoms with E-state index in [9.17, 15) is 35.8 Å². The monoisotopic (exact) mass is 1180 g/mol. The SMILES string of the molecule is CCCCCCCCCCCCCCCCCC[N+]1=C(/C=C/C2=C(Sc3ccccc3)C(=C/C=C3/N(CCCCCC(=O)ON4C(=O)CCC4=O)c4ccc(S(=O)(=O)O)cc4C3(C)C)/CCC2)C(C)(C)c2cc(S(=O)(=O)N(C)C)ccc21. The van der Waals surface area contributed by atoms with Crippen LogP contribution in [-0.4, -0.2) is 86.0 Å². The zero-order valence-electron chi connectivity index (χ0n) is 50.0. The van der Waals surface area contributed by atoms with Crippen molar-refractivity contribution < 1.29 is 45.2 Å². The van der Waals surface area contributed by atoms with Gasteiger partial charge >= 0.3 is 5.97 Å². The van der Waals surface area contributed by atoms with Crippen molar-refractivity contribution >= 4 is 66.8 Å². The number of anilines is 1. The Kier molecular flexibility index (Phi) is 23.3. The maximum atomic E-state index is 13.6. The molecule has 0 aromatic heterocycles. The van der Waals surface area contributed by atoms with Gasteiger partial charge in [0, 0.05) is 90.6 Å². The predicted octanol–water partition coefficient (Wildman–Crippen LogP) is 15.4. The normalized spacial score (nSPS) is 18.1. The first kappa shape index (κ1) is 64.4. The van der Waals surface area contributed by atoms with Crippen LogP contribution in [0.15, 0.2) is 127 Å². The fourth-order valence-electron chi connectivity index (χ4n) is 12.0. The van der Waals surface area contributed by atoms with Gasteiger partial charge in [0.2, 0.25) is 15.7 Å². The minimum atomic E-state index is -4.48. The quantitative estimate of drug-likeness (QED) is 0.0274. The first-order valence-electron chi connectivity index (χ1n) is 30.4. The Hall–Kier alpha value is -5.13. The predicted molar refractivity (Wildman–Crippen MR) is 330 cm³/mol. The molecule has 3 aliphatic heterocycles. The minimum absolute atomic E-state index is 0.0307. The third-order valence-electron chi connectivity index (χ3n) is 16.8. The van der Waals surface area contributed by atoms with E-state index in [1.807, 2.05) is 18.2 Å². The number of thioether (sulfide) groups is 1. The molecule has 0 radical (unpaired) electrons. The Balaban J connectivity index is 1.14. The molecule has 2 amide bonds. The molecule has 0 bridgehead atoms. The van der Waals surface area contributed by atoms with Gasteiger partial charge in [-0.2, -0.15) is 13.0 Å². The Morgan fingerprint density at radius 2 is 1.27 bits per heavy atom. The number of allylic oxidation sites excluding steroid dienone is 7. The highest BCUT2D eigenvalue weighted by molar-refractivity contribution is 8.03. The average molecular weight is 1180 g/mol. The molecule has 4 aliphatic rings. The van der Waals surface area contributed by atoms with Crippen LogP contribution in [0.1, 0.15) is 206 Å². The smallest absolute Gasteiger partial charge is 0.333 e. The van der Waals surface area contributed by atoms with Gasteiger partial charge in [-0.05, 0) is 118 Å². The van der Waals surface area contributed by atoms with Crippen molar-refractivity contribution in [3.63, 3.8) is 0 Å². The van der Waals surface area contributed by atoms with Crippen LogP contribution in [0.2, 0.25) is 0 Å². The van der Waals surface area contributed by atoms with Gasteiger partial charge in [-0.1, -0.05) is 159 Å². The molecule has 3 aromatic carbocycles. The molecule has 1 N–H and O–H groups in total. The molecule has 446 valence electrons. The number of fused-ring (bicyclic) bond motifs is 2. The maximum absolute atomic E-state index is 13.6. The number of hydrogen-bond donors (Lipinski definition) is 1. The number of sulfonamides is 1. The van der Waals surface area contributed by atoms with Crippen molar-refractivity contribution in [2.75, 3.05) is 32.1 Å². The van der Waals surface area contributed by atoms with Crippen LogP contribution in [-0.2, 0) is 50.2 Å². The number of amides is 2. The molecule has 0 atom stereocenters. The van der Waals surface area contributed by atoms with Gasteiger partial charge in [0.1, 0.15) is 6.54 Å². The van der Waals surface area contributed by atoms with E-state index in [4.69, 9.17) is 4.84 Å². The van der Waals surface area contributed by atoms with Crippen LogP contribution in [0.25, 0.3) is 0 Å². The van der Waals surface area contributed by atoms with Crippen molar-refractivity contribution in [3.8, 4) is 0 Å². The Bertz CT molecular complexity index is 3120. The van der Waals surface area contributed by atoms with Crippen LogP contribution < -0.4 is 4.90 Å². The lowest BCUT2D eigenvalue weighted by atomic mass is 9.81. The zero-order chi connectivity index (χ0) is 59.1.